The zero-order valence-electron chi connectivity index (χ0n) is 12.8. The second-order valence-electron chi connectivity index (χ2n) is 5.08. The molecule has 0 aliphatic rings. The molecule has 19 heavy (non-hydrogen) atoms. The third-order valence-electron chi connectivity index (χ3n) is 3.53. The predicted octanol–water partition coefficient (Wildman–Crippen LogP) is 2.75. The lowest BCUT2D eigenvalue weighted by Crippen LogP contribution is -2.29. The number of nitrogens with two attached hydrogens (primary N) is 1. The van der Waals surface area contributed by atoms with Crippen LogP contribution in [0.1, 0.15) is 31.4 Å². The Labute approximate surface area is 117 Å². The Kier molecular flexibility index (Phi) is 6.89. The number of rotatable bonds is 8. The van der Waals surface area contributed by atoms with Gasteiger partial charge in [0.25, 0.3) is 0 Å². The van der Waals surface area contributed by atoms with Gasteiger partial charge in [0.05, 0.1) is 6.61 Å². The average Bonchev–Trinajstić information content (AvgIpc) is 2.41. The van der Waals surface area contributed by atoms with Gasteiger partial charge >= 0.3 is 0 Å². The number of nitrogens with zero attached hydrogens (tertiary/aromatic N) is 1. The van der Waals surface area contributed by atoms with E-state index in [0.717, 1.165) is 32.5 Å². The number of hydrogen-bond donors (Lipinski definition) is 1. The van der Waals surface area contributed by atoms with Crippen LogP contribution >= 0.6 is 0 Å². The van der Waals surface area contributed by atoms with Gasteiger partial charge in [0, 0.05) is 31.9 Å². The van der Waals surface area contributed by atoms with Gasteiger partial charge in [0.2, 0.25) is 0 Å². The first kappa shape index (κ1) is 16.0. The molecule has 1 aromatic rings. The molecule has 1 aromatic carbocycles. The first-order valence-electron chi connectivity index (χ1n) is 7.21. The molecule has 1 rings (SSSR count). The van der Waals surface area contributed by atoms with Crippen molar-refractivity contribution in [1.82, 2.24) is 0 Å². The number of likely N-dealkylation sites (N-methyl/N-ethyl adjacent to an activating group) is 1. The molecule has 1 unspecified atom stereocenters. The van der Waals surface area contributed by atoms with Crippen LogP contribution in [0.3, 0.4) is 0 Å². The lowest BCUT2D eigenvalue weighted by atomic mass is 10.00. The molecule has 108 valence electrons. The molecule has 0 fully saturated rings. The van der Waals surface area contributed by atoms with E-state index in [-0.39, 0.29) is 6.04 Å². The normalized spacial score (nSPS) is 12.5. The fourth-order valence-corrected chi connectivity index (χ4v) is 2.26. The minimum absolute atomic E-state index is 0.238. The van der Waals surface area contributed by atoms with Gasteiger partial charge in [-0.25, -0.2) is 0 Å². The Morgan fingerprint density at radius 2 is 2.05 bits per heavy atom. The van der Waals surface area contributed by atoms with E-state index in [1.807, 2.05) is 0 Å². The topological polar surface area (TPSA) is 38.5 Å². The Morgan fingerprint density at radius 1 is 1.32 bits per heavy atom. The maximum Gasteiger partial charge on any atom is 0.0637 e. The molecule has 0 saturated heterocycles. The zero-order valence-corrected chi connectivity index (χ0v) is 12.8. The molecular formula is C16H28N2O. The highest BCUT2D eigenvalue weighted by atomic mass is 16.5. The molecule has 3 heteroatoms. The highest BCUT2D eigenvalue weighted by Gasteiger charge is 2.12. The fraction of sp³-hybridized carbons (Fsp3) is 0.625. The van der Waals surface area contributed by atoms with Crippen molar-refractivity contribution in [3.05, 3.63) is 29.3 Å². The lowest BCUT2D eigenvalue weighted by Gasteiger charge is -2.26. The Balaban J connectivity index is 2.96. The minimum Gasteiger partial charge on any atom is -0.383 e. The molecule has 0 radical (unpaired) electrons. The Hall–Kier alpha value is -1.06. The summed E-state index contributed by atoms with van der Waals surface area (Å²) in [6.45, 7) is 9.12. The van der Waals surface area contributed by atoms with Gasteiger partial charge in [0.1, 0.15) is 0 Å². The molecule has 0 heterocycles. The Morgan fingerprint density at radius 3 is 2.63 bits per heavy atom. The molecular weight excluding hydrogens is 236 g/mol. The number of anilines is 1. The largest absolute Gasteiger partial charge is 0.383 e. The van der Waals surface area contributed by atoms with Crippen molar-refractivity contribution in [2.45, 2.75) is 39.7 Å². The zero-order chi connectivity index (χ0) is 14.3. The number of ether oxygens (including phenoxy) is 1. The highest BCUT2D eigenvalue weighted by molar-refractivity contribution is 5.55. The van der Waals surface area contributed by atoms with E-state index in [0.29, 0.717) is 0 Å². The van der Waals surface area contributed by atoms with E-state index >= 15 is 0 Å². The van der Waals surface area contributed by atoms with E-state index < -0.39 is 0 Å². The van der Waals surface area contributed by atoms with Gasteiger partial charge in [-0.3, -0.25) is 0 Å². The van der Waals surface area contributed by atoms with E-state index in [1.54, 1.807) is 7.11 Å². The first-order valence-corrected chi connectivity index (χ1v) is 7.21. The minimum atomic E-state index is 0.238. The van der Waals surface area contributed by atoms with Crippen molar-refractivity contribution >= 4 is 5.69 Å². The lowest BCUT2D eigenvalue weighted by molar-refractivity contribution is 0.205. The second kappa shape index (κ2) is 8.18. The summed E-state index contributed by atoms with van der Waals surface area (Å²) in [6.07, 6.45) is 1.95. The van der Waals surface area contributed by atoms with Crippen molar-refractivity contribution < 1.29 is 4.74 Å². The van der Waals surface area contributed by atoms with Crippen molar-refractivity contribution in [3.8, 4) is 0 Å². The van der Waals surface area contributed by atoms with E-state index in [1.165, 1.54) is 16.8 Å². The number of aryl methyl sites for hydroxylation is 1. The van der Waals surface area contributed by atoms with Crippen LogP contribution in [0.15, 0.2) is 18.2 Å². The van der Waals surface area contributed by atoms with Crippen LogP contribution in [0.2, 0.25) is 0 Å². The van der Waals surface area contributed by atoms with Crippen molar-refractivity contribution in [2.75, 3.05) is 31.7 Å². The molecule has 0 aliphatic carbocycles. The number of benzene rings is 1. The van der Waals surface area contributed by atoms with Crippen LogP contribution in [0, 0.1) is 6.92 Å². The molecule has 3 nitrogen and oxygen atoms in total. The van der Waals surface area contributed by atoms with Crippen LogP contribution in [0.25, 0.3) is 0 Å². The Bertz CT molecular complexity index is 379. The van der Waals surface area contributed by atoms with Crippen molar-refractivity contribution in [1.29, 1.82) is 0 Å². The SMILES string of the molecule is CCC(N)Cc1cc(C)ccc1N(CC)CCOC. The van der Waals surface area contributed by atoms with Crippen molar-refractivity contribution in [2.24, 2.45) is 5.73 Å². The molecule has 0 saturated carbocycles. The standard InChI is InChI=1S/C16H28N2O/c1-5-15(17)12-14-11-13(3)7-8-16(14)18(6-2)9-10-19-4/h7-8,11,15H,5-6,9-10,12,17H2,1-4H3. The maximum absolute atomic E-state index is 6.12. The summed E-state index contributed by atoms with van der Waals surface area (Å²) >= 11 is 0. The van der Waals surface area contributed by atoms with Crippen LogP contribution in [0.4, 0.5) is 5.69 Å². The monoisotopic (exact) mass is 264 g/mol. The highest BCUT2D eigenvalue weighted by Crippen LogP contribution is 2.23. The molecule has 0 aromatic heterocycles. The van der Waals surface area contributed by atoms with Crippen molar-refractivity contribution in [3.63, 3.8) is 0 Å². The van der Waals surface area contributed by atoms with E-state index in [4.69, 9.17) is 10.5 Å². The van der Waals surface area contributed by atoms with Gasteiger partial charge < -0.3 is 15.4 Å². The van der Waals surface area contributed by atoms with E-state index in [2.05, 4.69) is 43.9 Å². The molecule has 0 spiro atoms. The third kappa shape index (κ3) is 4.84. The third-order valence-corrected chi connectivity index (χ3v) is 3.53. The summed E-state index contributed by atoms with van der Waals surface area (Å²) in [5.41, 5.74) is 10.1. The van der Waals surface area contributed by atoms with Crippen LogP contribution in [-0.2, 0) is 11.2 Å². The van der Waals surface area contributed by atoms with Gasteiger partial charge in [-0.05, 0) is 38.3 Å². The summed E-state index contributed by atoms with van der Waals surface area (Å²) in [7, 11) is 1.75. The summed E-state index contributed by atoms with van der Waals surface area (Å²) in [4.78, 5) is 2.36. The fourth-order valence-electron chi connectivity index (χ4n) is 2.26. The average molecular weight is 264 g/mol. The maximum atomic E-state index is 6.12. The number of methoxy groups -OCH3 is 1. The van der Waals surface area contributed by atoms with E-state index in [9.17, 15) is 0 Å². The van der Waals surface area contributed by atoms with Gasteiger partial charge in [0.15, 0.2) is 0 Å². The van der Waals surface area contributed by atoms with Gasteiger partial charge in [-0.2, -0.15) is 0 Å². The smallest absolute Gasteiger partial charge is 0.0637 e. The predicted molar refractivity (Wildman–Crippen MR) is 82.9 cm³/mol. The van der Waals surface area contributed by atoms with Crippen LogP contribution in [0.5, 0.6) is 0 Å². The molecule has 0 amide bonds. The van der Waals surface area contributed by atoms with Gasteiger partial charge in [-0.1, -0.05) is 24.6 Å². The molecule has 1 atom stereocenters. The summed E-state index contributed by atoms with van der Waals surface area (Å²) in [5, 5.41) is 0. The van der Waals surface area contributed by atoms with Crippen LogP contribution in [-0.4, -0.2) is 32.8 Å². The number of hydrogen-bond acceptors (Lipinski definition) is 3. The molecule has 0 bridgehead atoms. The first-order chi connectivity index (χ1) is 9.12. The van der Waals surface area contributed by atoms with Crippen LogP contribution < -0.4 is 10.6 Å². The summed E-state index contributed by atoms with van der Waals surface area (Å²) in [5.74, 6) is 0. The summed E-state index contributed by atoms with van der Waals surface area (Å²) < 4.78 is 5.20. The van der Waals surface area contributed by atoms with Gasteiger partial charge in [-0.15, -0.1) is 0 Å². The molecule has 0 aliphatic heterocycles. The molecule has 2 N–H and O–H groups in total. The second-order valence-corrected chi connectivity index (χ2v) is 5.08. The quantitative estimate of drug-likeness (QED) is 0.784. The summed E-state index contributed by atoms with van der Waals surface area (Å²) in [6, 6.07) is 6.89.